The lowest BCUT2D eigenvalue weighted by Gasteiger charge is -2.19. The van der Waals surface area contributed by atoms with E-state index in [0.717, 1.165) is 16.3 Å². The summed E-state index contributed by atoms with van der Waals surface area (Å²) in [5.74, 6) is -0.408. The molecule has 2 rings (SSSR count). The molecule has 0 unspecified atom stereocenters. The van der Waals surface area contributed by atoms with Crippen molar-refractivity contribution in [3.8, 4) is 10.6 Å². The normalized spacial score (nSPS) is 11.1. The predicted octanol–water partition coefficient (Wildman–Crippen LogP) is 3.61. The summed E-state index contributed by atoms with van der Waals surface area (Å²) in [6.07, 6.45) is 0. The molecule has 1 N–H and O–H groups in total. The first kappa shape index (κ1) is 17.1. The summed E-state index contributed by atoms with van der Waals surface area (Å²) in [7, 11) is 0. The highest BCUT2D eigenvalue weighted by Crippen LogP contribution is 2.32. The Morgan fingerprint density at radius 3 is 2.74 bits per heavy atom. The number of anilines is 1. The number of nitrogens with zero attached hydrogens (tertiary/aromatic N) is 1. The highest BCUT2D eigenvalue weighted by atomic mass is 32.1. The number of amides is 1. The lowest BCUT2D eigenvalue weighted by molar-refractivity contribution is -0.148. The SMILES string of the molecule is CCOC(=O)C(C)(C)c1csc(-c2cccc(NC(C)=O)c2)n1. The van der Waals surface area contributed by atoms with Crippen LogP contribution in [0.2, 0.25) is 0 Å². The second-order valence-corrected chi connectivity index (χ2v) is 6.50. The molecule has 0 saturated carbocycles. The van der Waals surface area contributed by atoms with Crippen LogP contribution in [0.4, 0.5) is 5.69 Å². The molecule has 122 valence electrons. The van der Waals surface area contributed by atoms with Crippen molar-refractivity contribution in [2.75, 3.05) is 11.9 Å². The highest BCUT2D eigenvalue weighted by Gasteiger charge is 2.34. The van der Waals surface area contributed by atoms with Crippen molar-refractivity contribution in [1.82, 2.24) is 4.98 Å². The fourth-order valence-electron chi connectivity index (χ4n) is 2.04. The number of aromatic nitrogens is 1. The number of thiazole rings is 1. The van der Waals surface area contributed by atoms with Crippen LogP contribution in [0.25, 0.3) is 10.6 Å². The fourth-order valence-corrected chi connectivity index (χ4v) is 3.03. The van der Waals surface area contributed by atoms with Crippen LogP contribution in [0.15, 0.2) is 29.6 Å². The summed E-state index contributed by atoms with van der Waals surface area (Å²) < 4.78 is 5.12. The summed E-state index contributed by atoms with van der Waals surface area (Å²) in [5.41, 5.74) is 1.50. The van der Waals surface area contributed by atoms with E-state index in [9.17, 15) is 9.59 Å². The standard InChI is InChI=1S/C17H20N2O3S/c1-5-22-16(21)17(3,4)14-10-23-15(19-14)12-7-6-8-13(9-12)18-11(2)20/h6-10H,5H2,1-4H3,(H,18,20). The Morgan fingerprint density at radius 2 is 2.09 bits per heavy atom. The molecule has 1 heterocycles. The molecule has 1 aromatic heterocycles. The van der Waals surface area contributed by atoms with Gasteiger partial charge < -0.3 is 10.1 Å². The molecular weight excluding hydrogens is 312 g/mol. The molecule has 5 nitrogen and oxygen atoms in total. The van der Waals surface area contributed by atoms with Crippen LogP contribution in [0.1, 0.15) is 33.4 Å². The Bertz CT molecular complexity index is 722. The van der Waals surface area contributed by atoms with Crippen LogP contribution in [0.3, 0.4) is 0 Å². The number of hydrogen-bond donors (Lipinski definition) is 1. The summed E-state index contributed by atoms with van der Waals surface area (Å²) in [6.45, 7) is 7.21. The van der Waals surface area contributed by atoms with Crippen molar-refractivity contribution >= 4 is 28.9 Å². The molecule has 0 radical (unpaired) electrons. The van der Waals surface area contributed by atoms with Gasteiger partial charge in [-0.25, -0.2) is 4.98 Å². The molecule has 1 amide bonds. The molecule has 2 aromatic rings. The Morgan fingerprint density at radius 1 is 1.35 bits per heavy atom. The van der Waals surface area contributed by atoms with E-state index in [-0.39, 0.29) is 11.9 Å². The van der Waals surface area contributed by atoms with Crippen molar-refractivity contribution in [2.45, 2.75) is 33.1 Å². The predicted molar refractivity (Wildman–Crippen MR) is 91.5 cm³/mol. The van der Waals surface area contributed by atoms with Gasteiger partial charge in [-0.05, 0) is 32.9 Å². The van der Waals surface area contributed by atoms with Gasteiger partial charge in [-0.3, -0.25) is 9.59 Å². The minimum atomic E-state index is -0.792. The average molecular weight is 332 g/mol. The number of ether oxygens (including phenoxy) is 1. The number of hydrogen-bond acceptors (Lipinski definition) is 5. The second kappa shape index (κ2) is 6.91. The van der Waals surface area contributed by atoms with Gasteiger partial charge in [0.2, 0.25) is 5.91 Å². The van der Waals surface area contributed by atoms with E-state index in [1.807, 2.05) is 29.6 Å². The molecule has 0 aliphatic carbocycles. The maximum Gasteiger partial charge on any atom is 0.317 e. The number of carbonyl (C=O) groups excluding carboxylic acids is 2. The van der Waals surface area contributed by atoms with E-state index in [4.69, 9.17) is 4.74 Å². The average Bonchev–Trinajstić information content (AvgIpc) is 2.97. The zero-order chi connectivity index (χ0) is 17.0. The van der Waals surface area contributed by atoms with Gasteiger partial charge in [-0.2, -0.15) is 0 Å². The van der Waals surface area contributed by atoms with Crippen LogP contribution >= 0.6 is 11.3 Å². The minimum absolute atomic E-state index is 0.120. The van der Waals surface area contributed by atoms with Gasteiger partial charge in [0, 0.05) is 23.6 Å². The molecule has 0 fully saturated rings. The van der Waals surface area contributed by atoms with Crippen molar-refractivity contribution in [1.29, 1.82) is 0 Å². The largest absolute Gasteiger partial charge is 0.465 e. The second-order valence-electron chi connectivity index (χ2n) is 5.65. The van der Waals surface area contributed by atoms with E-state index < -0.39 is 5.41 Å². The van der Waals surface area contributed by atoms with Gasteiger partial charge in [-0.1, -0.05) is 12.1 Å². The van der Waals surface area contributed by atoms with Crippen molar-refractivity contribution in [2.24, 2.45) is 0 Å². The van der Waals surface area contributed by atoms with E-state index in [0.29, 0.717) is 12.3 Å². The minimum Gasteiger partial charge on any atom is -0.465 e. The Labute approximate surface area is 139 Å². The quantitative estimate of drug-likeness (QED) is 0.849. The molecule has 0 atom stereocenters. The van der Waals surface area contributed by atoms with E-state index >= 15 is 0 Å². The number of rotatable bonds is 5. The molecule has 6 heteroatoms. The van der Waals surface area contributed by atoms with Gasteiger partial charge in [0.05, 0.1) is 12.3 Å². The summed E-state index contributed by atoms with van der Waals surface area (Å²) >= 11 is 1.46. The van der Waals surface area contributed by atoms with Gasteiger partial charge in [-0.15, -0.1) is 11.3 Å². The van der Waals surface area contributed by atoms with Crippen molar-refractivity contribution in [3.63, 3.8) is 0 Å². The number of esters is 1. The number of benzene rings is 1. The molecule has 0 bridgehead atoms. The van der Waals surface area contributed by atoms with Crippen LogP contribution in [-0.2, 0) is 19.7 Å². The van der Waals surface area contributed by atoms with Crippen LogP contribution < -0.4 is 5.32 Å². The zero-order valence-electron chi connectivity index (χ0n) is 13.7. The molecule has 23 heavy (non-hydrogen) atoms. The fraction of sp³-hybridized carbons (Fsp3) is 0.353. The molecule has 0 spiro atoms. The maximum absolute atomic E-state index is 12.1. The van der Waals surface area contributed by atoms with Crippen molar-refractivity contribution in [3.05, 3.63) is 35.3 Å². The monoisotopic (exact) mass is 332 g/mol. The lowest BCUT2D eigenvalue weighted by atomic mass is 9.90. The molecule has 0 aliphatic rings. The summed E-state index contributed by atoms with van der Waals surface area (Å²) in [4.78, 5) is 27.8. The zero-order valence-corrected chi connectivity index (χ0v) is 14.5. The van der Waals surface area contributed by atoms with Gasteiger partial charge >= 0.3 is 5.97 Å². The third-order valence-corrected chi connectivity index (χ3v) is 4.25. The van der Waals surface area contributed by atoms with E-state index in [1.165, 1.54) is 18.3 Å². The first-order valence-electron chi connectivity index (χ1n) is 7.36. The third-order valence-electron chi connectivity index (χ3n) is 3.36. The van der Waals surface area contributed by atoms with Gasteiger partial charge in [0.1, 0.15) is 10.4 Å². The molecule has 0 aliphatic heterocycles. The summed E-state index contributed by atoms with van der Waals surface area (Å²) in [6, 6.07) is 7.47. The lowest BCUT2D eigenvalue weighted by Crippen LogP contribution is -2.31. The highest BCUT2D eigenvalue weighted by molar-refractivity contribution is 7.13. The van der Waals surface area contributed by atoms with Crippen LogP contribution in [0, 0.1) is 0 Å². The van der Waals surface area contributed by atoms with Crippen LogP contribution in [-0.4, -0.2) is 23.5 Å². The Hall–Kier alpha value is -2.21. The molecule has 1 aromatic carbocycles. The molecular formula is C17H20N2O3S. The van der Waals surface area contributed by atoms with Crippen molar-refractivity contribution < 1.29 is 14.3 Å². The van der Waals surface area contributed by atoms with E-state index in [1.54, 1.807) is 20.8 Å². The van der Waals surface area contributed by atoms with Gasteiger partial charge in [0.25, 0.3) is 0 Å². The number of carbonyl (C=O) groups is 2. The van der Waals surface area contributed by atoms with Crippen LogP contribution in [0.5, 0.6) is 0 Å². The third kappa shape index (κ3) is 3.96. The Kier molecular flexibility index (Phi) is 5.15. The Balaban J connectivity index is 2.29. The topological polar surface area (TPSA) is 68.3 Å². The first-order valence-corrected chi connectivity index (χ1v) is 8.23. The van der Waals surface area contributed by atoms with Gasteiger partial charge in [0.15, 0.2) is 0 Å². The smallest absolute Gasteiger partial charge is 0.317 e. The van der Waals surface area contributed by atoms with E-state index in [2.05, 4.69) is 10.3 Å². The molecule has 0 saturated heterocycles. The summed E-state index contributed by atoms with van der Waals surface area (Å²) in [5, 5.41) is 5.42. The maximum atomic E-state index is 12.1. The first-order chi connectivity index (χ1) is 10.8. The number of nitrogens with one attached hydrogen (secondary N) is 1.